The van der Waals surface area contributed by atoms with E-state index in [1.807, 2.05) is 47.9 Å². The number of benzene rings is 1. The average molecular weight is 338 g/mol. The molecule has 4 rings (SSSR count). The van der Waals surface area contributed by atoms with E-state index < -0.39 is 0 Å². The molecule has 1 amide bonds. The number of hydrogen-bond donors (Lipinski definition) is 1. The first-order valence-corrected chi connectivity index (χ1v) is 8.11. The Labute approximate surface area is 144 Å². The van der Waals surface area contributed by atoms with Gasteiger partial charge in [-0.05, 0) is 24.6 Å². The van der Waals surface area contributed by atoms with Crippen molar-refractivity contribution < 1.29 is 18.7 Å². The van der Waals surface area contributed by atoms with Gasteiger partial charge in [0, 0.05) is 25.2 Å². The van der Waals surface area contributed by atoms with Gasteiger partial charge in [0.25, 0.3) is 5.91 Å². The molecule has 2 aromatic heterocycles. The summed E-state index contributed by atoms with van der Waals surface area (Å²) in [5, 5.41) is 2.95. The van der Waals surface area contributed by atoms with E-state index in [1.54, 1.807) is 12.3 Å². The van der Waals surface area contributed by atoms with Gasteiger partial charge in [0.15, 0.2) is 17.1 Å². The molecule has 25 heavy (non-hydrogen) atoms. The van der Waals surface area contributed by atoms with Crippen LogP contribution in [0.2, 0.25) is 0 Å². The fourth-order valence-electron chi connectivity index (χ4n) is 2.90. The third kappa shape index (κ3) is 2.87. The summed E-state index contributed by atoms with van der Waals surface area (Å²) in [6.07, 6.45) is 5.59. The van der Waals surface area contributed by atoms with Crippen LogP contribution in [0.15, 0.2) is 53.2 Å². The Morgan fingerprint density at radius 2 is 2.12 bits per heavy atom. The normalized spacial score (nSPS) is 13.0. The van der Waals surface area contributed by atoms with E-state index in [9.17, 15) is 4.79 Å². The molecule has 0 unspecified atom stereocenters. The summed E-state index contributed by atoms with van der Waals surface area (Å²) in [6.45, 7) is 3.22. The smallest absolute Gasteiger partial charge is 0.268 e. The first kappa shape index (κ1) is 15.4. The molecule has 0 bridgehead atoms. The lowest BCUT2D eigenvalue weighted by atomic mass is 10.2. The Morgan fingerprint density at radius 3 is 3.00 bits per heavy atom. The lowest BCUT2D eigenvalue weighted by molar-refractivity contribution is 0.0942. The molecule has 0 aliphatic carbocycles. The number of nitrogens with one attached hydrogen (secondary N) is 1. The Bertz CT molecular complexity index is 952. The summed E-state index contributed by atoms with van der Waals surface area (Å²) in [5.41, 5.74) is 3.14. The fraction of sp³-hybridized carbons (Fsp3) is 0.211. The zero-order valence-corrected chi connectivity index (χ0v) is 13.8. The van der Waals surface area contributed by atoms with E-state index >= 15 is 0 Å². The number of aromatic nitrogens is 1. The summed E-state index contributed by atoms with van der Waals surface area (Å²) < 4.78 is 18.0. The number of hydrogen-bond acceptors (Lipinski definition) is 4. The monoisotopic (exact) mass is 338 g/mol. The molecule has 3 heterocycles. The molecule has 6 heteroatoms. The number of nitrogens with zero attached hydrogens (tertiary/aromatic N) is 1. The summed E-state index contributed by atoms with van der Waals surface area (Å²) in [7, 11) is 0. The number of carbonyl (C=O) groups excluding carboxylic acids is 1. The Hall–Kier alpha value is -3.15. The van der Waals surface area contributed by atoms with Crippen LogP contribution < -0.4 is 14.8 Å². The molecule has 0 radical (unpaired) electrons. The van der Waals surface area contributed by atoms with Crippen LogP contribution >= 0.6 is 0 Å². The minimum Gasteiger partial charge on any atom is -0.463 e. The minimum atomic E-state index is -0.145. The van der Waals surface area contributed by atoms with Crippen molar-refractivity contribution in [3.63, 3.8) is 0 Å². The zero-order chi connectivity index (χ0) is 17.2. The van der Waals surface area contributed by atoms with E-state index in [-0.39, 0.29) is 12.7 Å². The van der Waals surface area contributed by atoms with E-state index in [1.165, 1.54) is 0 Å². The Morgan fingerprint density at radius 1 is 1.24 bits per heavy atom. The molecule has 0 saturated carbocycles. The van der Waals surface area contributed by atoms with Crippen molar-refractivity contribution in [3.8, 4) is 11.5 Å². The van der Waals surface area contributed by atoms with Gasteiger partial charge in [-0.1, -0.05) is 18.2 Å². The summed E-state index contributed by atoms with van der Waals surface area (Å²) in [4.78, 5) is 12.6. The quantitative estimate of drug-likeness (QED) is 0.724. The van der Waals surface area contributed by atoms with Gasteiger partial charge in [-0.3, -0.25) is 4.79 Å². The molecule has 128 valence electrons. The SMILES string of the molecule is C/C=C\Cn1c(C(=O)NCc2ccc3c(c2)OCO3)cc2occc21. The highest BCUT2D eigenvalue weighted by Gasteiger charge is 2.17. The van der Waals surface area contributed by atoms with Crippen molar-refractivity contribution in [1.82, 2.24) is 9.88 Å². The average Bonchev–Trinajstić information content (AvgIpc) is 3.33. The lowest BCUT2D eigenvalue weighted by Crippen LogP contribution is -2.25. The second-order valence-corrected chi connectivity index (χ2v) is 5.75. The third-order valence-corrected chi connectivity index (χ3v) is 4.17. The number of carbonyl (C=O) groups is 1. The third-order valence-electron chi connectivity index (χ3n) is 4.17. The number of ether oxygens (including phenoxy) is 2. The molecule has 0 saturated heterocycles. The van der Waals surface area contributed by atoms with Crippen molar-refractivity contribution in [3.05, 3.63) is 60.0 Å². The summed E-state index contributed by atoms with van der Waals surface area (Å²) >= 11 is 0. The van der Waals surface area contributed by atoms with Gasteiger partial charge in [-0.25, -0.2) is 0 Å². The maximum absolute atomic E-state index is 12.6. The van der Waals surface area contributed by atoms with Crippen molar-refractivity contribution in [2.75, 3.05) is 6.79 Å². The number of fused-ring (bicyclic) bond motifs is 2. The van der Waals surface area contributed by atoms with Gasteiger partial charge in [-0.2, -0.15) is 0 Å². The van der Waals surface area contributed by atoms with Crippen LogP contribution in [-0.2, 0) is 13.1 Å². The predicted octanol–water partition coefficient (Wildman–Crippen LogP) is 3.47. The van der Waals surface area contributed by atoms with Gasteiger partial charge < -0.3 is 23.8 Å². The molecule has 1 aromatic carbocycles. The highest BCUT2D eigenvalue weighted by Crippen LogP contribution is 2.32. The second-order valence-electron chi connectivity index (χ2n) is 5.75. The van der Waals surface area contributed by atoms with Gasteiger partial charge in [0.05, 0.1) is 11.8 Å². The number of amides is 1. The number of allylic oxidation sites excluding steroid dienone is 2. The maximum Gasteiger partial charge on any atom is 0.268 e. The molecule has 1 aliphatic heterocycles. The topological polar surface area (TPSA) is 65.6 Å². The Kier molecular flexibility index (Phi) is 3.93. The molecular weight excluding hydrogens is 320 g/mol. The highest BCUT2D eigenvalue weighted by molar-refractivity contribution is 5.97. The number of furan rings is 1. The largest absolute Gasteiger partial charge is 0.463 e. The van der Waals surface area contributed by atoms with Crippen LogP contribution in [0.1, 0.15) is 23.0 Å². The van der Waals surface area contributed by atoms with E-state index in [2.05, 4.69) is 5.32 Å². The van der Waals surface area contributed by atoms with Crippen LogP contribution in [0.4, 0.5) is 0 Å². The second kappa shape index (κ2) is 6.39. The van der Waals surface area contributed by atoms with Crippen molar-refractivity contribution in [2.24, 2.45) is 0 Å². The lowest BCUT2D eigenvalue weighted by Gasteiger charge is -2.09. The van der Waals surface area contributed by atoms with Gasteiger partial charge in [0.2, 0.25) is 6.79 Å². The predicted molar refractivity (Wildman–Crippen MR) is 92.8 cm³/mol. The minimum absolute atomic E-state index is 0.145. The molecule has 0 fully saturated rings. The molecular formula is C19H18N2O4. The molecule has 1 aliphatic rings. The van der Waals surface area contributed by atoms with Gasteiger partial charge in [-0.15, -0.1) is 0 Å². The highest BCUT2D eigenvalue weighted by atomic mass is 16.7. The van der Waals surface area contributed by atoms with Crippen molar-refractivity contribution >= 4 is 17.0 Å². The zero-order valence-electron chi connectivity index (χ0n) is 13.8. The molecule has 3 aromatic rings. The fourth-order valence-corrected chi connectivity index (χ4v) is 2.90. The van der Waals surface area contributed by atoms with E-state index in [0.29, 0.717) is 30.1 Å². The molecule has 0 spiro atoms. The van der Waals surface area contributed by atoms with Crippen molar-refractivity contribution in [1.29, 1.82) is 0 Å². The van der Waals surface area contributed by atoms with Crippen LogP contribution in [0.5, 0.6) is 11.5 Å². The van der Waals surface area contributed by atoms with E-state index in [0.717, 1.165) is 16.8 Å². The van der Waals surface area contributed by atoms with Crippen LogP contribution in [0, 0.1) is 0 Å². The molecule has 0 atom stereocenters. The first-order chi connectivity index (χ1) is 12.3. The van der Waals surface area contributed by atoms with Crippen LogP contribution in [-0.4, -0.2) is 17.3 Å². The molecule has 6 nitrogen and oxygen atoms in total. The summed E-state index contributed by atoms with van der Waals surface area (Å²) in [5.74, 6) is 1.30. The Balaban J connectivity index is 1.53. The maximum atomic E-state index is 12.6. The van der Waals surface area contributed by atoms with Crippen LogP contribution in [0.25, 0.3) is 11.1 Å². The van der Waals surface area contributed by atoms with Crippen LogP contribution in [0.3, 0.4) is 0 Å². The van der Waals surface area contributed by atoms with Crippen molar-refractivity contribution in [2.45, 2.75) is 20.0 Å². The van der Waals surface area contributed by atoms with Gasteiger partial charge in [0.1, 0.15) is 5.69 Å². The number of rotatable bonds is 5. The van der Waals surface area contributed by atoms with E-state index in [4.69, 9.17) is 13.9 Å². The standard InChI is InChI=1S/C19H18N2O4/c1-2-3-7-21-14-6-8-23-17(14)10-15(21)19(22)20-11-13-4-5-16-18(9-13)25-12-24-16/h2-6,8-10H,7,11-12H2,1H3,(H,20,22)/b3-2-. The first-order valence-electron chi connectivity index (χ1n) is 8.11. The van der Waals surface area contributed by atoms with Gasteiger partial charge >= 0.3 is 0 Å². The summed E-state index contributed by atoms with van der Waals surface area (Å²) in [6, 6.07) is 9.29. The molecule has 1 N–H and O–H groups in total.